The second kappa shape index (κ2) is 26.0. The lowest BCUT2D eigenvalue weighted by molar-refractivity contribution is -0.136. The van der Waals surface area contributed by atoms with Crippen LogP contribution in [0, 0.1) is 23.7 Å². The van der Waals surface area contributed by atoms with Crippen LogP contribution in [0.15, 0.2) is 12.2 Å². The summed E-state index contributed by atoms with van der Waals surface area (Å²) in [6.45, 7) is 6.10. The van der Waals surface area contributed by atoms with E-state index in [2.05, 4.69) is 13.8 Å². The second-order valence-corrected chi connectivity index (χ2v) is 14.6. The molecule has 0 aromatic carbocycles. The number of hydrogen-bond donors (Lipinski definition) is 1. The highest BCUT2D eigenvalue weighted by atomic mass is 16.2. The van der Waals surface area contributed by atoms with Crippen molar-refractivity contribution in [2.75, 3.05) is 13.1 Å². The Morgan fingerprint density at radius 3 is 1.34 bits per heavy atom. The molecule has 4 heteroatoms. The van der Waals surface area contributed by atoms with Gasteiger partial charge in [-0.2, -0.15) is 0 Å². The maximum absolute atomic E-state index is 11.8. The van der Waals surface area contributed by atoms with Crippen molar-refractivity contribution in [1.82, 2.24) is 4.90 Å². The predicted molar refractivity (Wildman–Crippen MR) is 189 cm³/mol. The number of rotatable bonds is 29. The Morgan fingerprint density at radius 1 is 0.523 bits per heavy atom. The van der Waals surface area contributed by atoms with Gasteiger partial charge in [-0.25, -0.2) is 0 Å². The summed E-state index contributed by atoms with van der Waals surface area (Å²) >= 11 is 0. The second-order valence-electron chi connectivity index (χ2n) is 14.6. The molecule has 44 heavy (non-hydrogen) atoms. The van der Waals surface area contributed by atoms with Gasteiger partial charge in [0.15, 0.2) is 0 Å². The van der Waals surface area contributed by atoms with Crippen LogP contribution in [0.3, 0.4) is 0 Å². The third-order valence-electron chi connectivity index (χ3n) is 11.1. The van der Waals surface area contributed by atoms with Gasteiger partial charge in [0.25, 0.3) is 11.8 Å². The Bertz CT molecular complexity index is 730. The summed E-state index contributed by atoms with van der Waals surface area (Å²) in [5.74, 6) is 3.58. The Kier molecular flexibility index (Phi) is 23.0. The minimum absolute atomic E-state index is 0.136. The molecule has 1 saturated carbocycles. The van der Waals surface area contributed by atoms with Crippen LogP contribution in [-0.2, 0) is 9.59 Å². The molecule has 256 valence electrons. The van der Waals surface area contributed by atoms with Gasteiger partial charge in [-0.15, -0.1) is 0 Å². The topological polar surface area (TPSA) is 63.4 Å². The van der Waals surface area contributed by atoms with Crippen LogP contribution >= 0.6 is 0 Å². The molecule has 1 aliphatic carbocycles. The molecule has 2 N–H and O–H groups in total. The fraction of sp³-hybridized carbons (Fsp3) is 0.900. The summed E-state index contributed by atoms with van der Waals surface area (Å²) in [5.41, 5.74) is 5.70. The number of carbonyl (C=O) groups excluding carboxylic acids is 2. The lowest BCUT2D eigenvalue weighted by atomic mass is 9.61. The largest absolute Gasteiger partial charge is 0.330 e. The van der Waals surface area contributed by atoms with Crippen LogP contribution in [0.4, 0.5) is 0 Å². The molecular weight excluding hydrogens is 540 g/mol. The van der Waals surface area contributed by atoms with Gasteiger partial charge >= 0.3 is 0 Å². The number of nitrogens with zero attached hydrogens (tertiary/aromatic N) is 1. The molecule has 0 aromatic heterocycles. The van der Waals surface area contributed by atoms with Crippen LogP contribution in [0.25, 0.3) is 0 Å². The van der Waals surface area contributed by atoms with E-state index in [1.54, 1.807) is 0 Å². The SMILES string of the molecule is CCCCCCCCC1C(CCCCCC)CCC(CCCCCCCCN)C1CCCCCCCCN1C(=O)C=CC1=O. The number of unbranched alkanes of at least 4 members (excludes halogenated alkanes) is 18. The average molecular weight is 615 g/mol. The van der Waals surface area contributed by atoms with E-state index in [0.29, 0.717) is 6.54 Å². The highest BCUT2D eigenvalue weighted by Crippen LogP contribution is 2.47. The maximum atomic E-state index is 11.8. The van der Waals surface area contributed by atoms with E-state index in [0.717, 1.165) is 43.1 Å². The van der Waals surface area contributed by atoms with Crippen molar-refractivity contribution < 1.29 is 9.59 Å². The van der Waals surface area contributed by atoms with Crippen LogP contribution in [0.5, 0.6) is 0 Å². The smallest absolute Gasteiger partial charge is 0.253 e. The first-order chi connectivity index (χ1) is 21.6. The number of nitrogens with two attached hydrogens (primary N) is 1. The number of carbonyl (C=O) groups is 2. The predicted octanol–water partition coefficient (Wildman–Crippen LogP) is 11.3. The van der Waals surface area contributed by atoms with E-state index >= 15 is 0 Å². The maximum Gasteiger partial charge on any atom is 0.253 e. The number of imide groups is 1. The van der Waals surface area contributed by atoms with Gasteiger partial charge in [0, 0.05) is 18.7 Å². The fourth-order valence-corrected chi connectivity index (χ4v) is 8.43. The van der Waals surface area contributed by atoms with E-state index in [9.17, 15) is 9.59 Å². The van der Waals surface area contributed by atoms with Gasteiger partial charge in [-0.3, -0.25) is 14.5 Å². The van der Waals surface area contributed by atoms with E-state index in [4.69, 9.17) is 5.73 Å². The standard InChI is InChI=1S/C40H74N2O2/c1-3-5-7-9-15-21-27-37-35(25-19-8-6-4-2)29-30-36(26-20-14-10-12-17-23-33-41)38(37)28-22-16-11-13-18-24-34-42-39(43)31-32-40(42)44/h31-32,35-38H,3-30,33-34,41H2,1-2H3. The monoisotopic (exact) mass is 615 g/mol. The normalized spacial score (nSPS) is 22.0. The van der Waals surface area contributed by atoms with Crippen molar-refractivity contribution in [3.63, 3.8) is 0 Å². The first kappa shape index (κ1) is 39.0. The number of amides is 2. The number of hydrogen-bond acceptors (Lipinski definition) is 3. The van der Waals surface area contributed by atoms with E-state index in [1.807, 2.05) is 0 Å². The lowest BCUT2D eigenvalue weighted by Gasteiger charge is -2.44. The molecule has 0 aromatic rings. The molecule has 2 rings (SSSR count). The van der Waals surface area contributed by atoms with Crippen molar-refractivity contribution in [3.05, 3.63) is 12.2 Å². The van der Waals surface area contributed by atoms with Crippen molar-refractivity contribution in [2.24, 2.45) is 29.4 Å². The third-order valence-corrected chi connectivity index (χ3v) is 11.1. The molecule has 1 aliphatic heterocycles. The van der Waals surface area contributed by atoms with E-state index in [1.165, 1.54) is 184 Å². The van der Waals surface area contributed by atoms with Crippen molar-refractivity contribution in [1.29, 1.82) is 0 Å². The van der Waals surface area contributed by atoms with E-state index in [-0.39, 0.29) is 11.8 Å². The van der Waals surface area contributed by atoms with Crippen LogP contribution in [0.1, 0.15) is 194 Å². The van der Waals surface area contributed by atoms with Crippen molar-refractivity contribution in [3.8, 4) is 0 Å². The molecule has 0 radical (unpaired) electrons. The minimum Gasteiger partial charge on any atom is -0.330 e. The molecule has 4 atom stereocenters. The van der Waals surface area contributed by atoms with Crippen LogP contribution < -0.4 is 5.73 Å². The van der Waals surface area contributed by atoms with E-state index < -0.39 is 0 Å². The van der Waals surface area contributed by atoms with Gasteiger partial charge in [0.1, 0.15) is 0 Å². The summed E-state index contributed by atoms with van der Waals surface area (Å²) in [4.78, 5) is 25.0. The van der Waals surface area contributed by atoms with Gasteiger partial charge in [0.2, 0.25) is 0 Å². The Balaban J connectivity index is 1.87. The summed E-state index contributed by atoms with van der Waals surface area (Å²) in [6.07, 6.45) is 41.3. The van der Waals surface area contributed by atoms with Crippen molar-refractivity contribution in [2.45, 2.75) is 194 Å². The summed E-state index contributed by atoms with van der Waals surface area (Å²) in [6, 6.07) is 0. The van der Waals surface area contributed by atoms with Gasteiger partial charge in [-0.1, -0.05) is 155 Å². The average Bonchev–Trinajstić information content (AvgIpc) is 3.35. The minimum atomic E-state index is -0.136. The molecule has 2 amide bonds. The molecular formula is C40H74N2O2. The molecule has 0 bridgehead atoms. The highest BCUT2D eigenvalue weighted by Gasteiger charge is 2.37. The molecule has 1 heterocycles. The molecule has 0 spiro atoms. The Morgan fingerprint density at radius 2 is 0.886 bits per heavy atom. The summed E-state index contributed by atoms with van der Waals surface area (Å²) in [5, 5.41) is 0. The fourth-order valence-electron chi connectivity index (χ4n) is 8.43. The van der Waals surface area contributed by atoms with Crippen molar-refractivity contribution >= 4 is 11.8 Å². The quantitative estimate of drug-likeness (QED) is 0.0673. The zero-order valence-electron chi connectivity index (χ0n) is 29.5. The zero-order chi connectivity index (χ0) is 31.7. The summed E-state index contributed by atoms with van der Waals surface area (Å²) < 4.78 is 0. The molecule has 0 saturated heterocycles. The molecule has 4 unspecified atom stereocenters. The molecule has 2 aliphatic rings. The van der Waals surface area contributed by atoms with Crippen LogP contribution in [0.2, 0.25) is 0 Å². The van der Waals surface area contributed by atoms with Crippen LogP contribution in [-0.4, -0.2) is 29.8 Å². The first-order valence-corrected chi connectivity index (χ1v) is 19.9. The van der Waals surface area contributed by atoms with Gasteiger partial charge in [-0.05, 0) is 68.7 Å². The summed E-state index contributed by atoms with van der Waals surface area (Å²) in [7, 11) is 0. The third kappa shape index (κ3) is 16.4. The van der Waals surface area contributed by atoms with Gasteiger partial charge < -0.3 is 5.73 Å². The van der Waals surface area contributed by atoms with Gasteiger partial charge in [0.05, 0.1) is 0 Å². The highest BCUT2D eigenvalue weighted by molar-refractivity contribution is 6.12. The molecule has 1 fully saturated rings. The lowest BCUT2D eigenvalue weighted by Crippen LogP contribution is -2.35. The molecule has 4 nitrogen and oxygen atoms in total. The Hall–Kier alpha value is -1.16. The zero-order valence-corrected chi connectivity index (χ0v) is 29.5. The Labute approximate surface area is 274 Å². The first-order valence-electron chi connectivity index (χ1n) is 19.9.